The lowest BCUT2D eigenvalue weighted by molar-refractivity contribution is -0.142. The Hall–Kier alpha value is -1.59. The number of esters is 1. The minimum absolute atomic E-state index is 0.108. The SMILES string of the molecule is COC(=O)CCCNC(=O)C1CCC(C(=O)O)C1. The van der Waals surface area contributed by atoms with Crippen molar-refractivity contribution >= 4 is 17.8 Å². The van der Waals surface area contributed by atoms with Crippen LogP contribution in [0.4, 0.5) is 0 Å². The third kappa shape index (κ3) is 4.35. The van der Waals surface area contributed by atoms with Gasteiger partial charge in [-0.1, -0.05) is 0 Å². The second-order valence-electron chi connectivity index (χ2n) is 4.52. The maximum absolute atomic E-state index is 11.7. The van der Waals surface area contributed by atoms with Crippen LogP contribution in [0.2, 0.25) is 0 Å². The zero-order valence-electron chi connectivity index (χ0n) is 10.5. The average Bonchev–Trinajstić information content (AvgIpc) is 2.83. The van der Waals surface area contributed by atoms with Crippen LogP contribution in [0.25, 0.3) is 0 Å². The Bertz CT molecular complexity index is 328. The first-order chi connectivity index (χ1) is 8.54. The number of carbonyl (C=O) groups excluding carboxylic acids is 2. The van der Waals surface area contributed by atoms with Gasteiger partial charge in [-0.25, -0.2) is 0 Å². The van der Waals surface area contributed by atoms with Gasteiger partial charge in [-0.2, -0.15) is 0 Å². The van der Waals surface area contributed by atoms with Gasteiger partial charge < -0.3 is 15.2 Å². The fourth-order valence-corrected chi connectivity index (χ4v) is 2.13. The number of amides is 1. The third-order valence-electron chi connectivity index (χ3n) is 3.24. The van der Waals surface area contributed by atoms with Crippen LogP contribution < -0.4 is 5.32 Å². The van der Waals surface area contributed by atoms with Crippen LogP contribution in [-0.2, 0) is 19.1 Å². The summed E-state index contributed by atoms with van der Waals surface area (Å²) in [5.41, 5.74) is 0. The number of carboxylic acid groups (broad SMARTS) is 1. The molecule has 0 heterocycles. The molecule has 6 heteroatoms. The highest BCUT2D eigenvalue weighted by molar-refractivity contribution is 5.80. The first-order valence-corrected chi connectivity index (χ1v) is 6.12. The number of ether oxygens (including phenoxy) is 1. The molecule has 0 aromatic rings. The molecule has 2 atom stereocenters. The van der Waals surface area contributed by atoms with E-state index in [2.05, 4.69) is 10.1 Å². The number of aliphatic carboxylic acids is 1. The number of carboxylic acids is 1. The van der Waals surface area contributed by atoms with Gasteiger partial charge in [-0.05, 0) is 25.7 Å². The molecule has 102 valence electrons. The highest BCUT2D eigenvalue weighted by Gasteiger charge is 2.33. The van der Waals surface area contributed by atoms with Gasteiger partial charge in [0.25, 0.3) is 0 Å². The third-order valence-corrected chi connectivity index (χ3v) is 3.24. The second kappa shape index (κ2) is 6.98. The molecule has 0 aromatic heterocycles. The van der Waals surface area contributed by atoms with Crippen LogP contribution in [0.15, 0.2) is 0 Å². The van der Waals surface area contributed by atoms with Crippen molar-refractivity contribution in [2.45, 2.75) is 32.1 Å². The molecule has 2 unspecified atom stereocenters. The number of carbonyl (C=O) groups is 3. The minimum atomic E-state index is -0.823. The average molecular weight is 257 g/mol. The summed E-state index contributed by atoms with van der Waals surface area (Å²) in [4.78, 5) is 33.3. The summed E-state index contributed by atoms with van der Waals surface area (Å²) >= 11 is 0. The smallest absolute Gasteiger partial charge is 0.306 e. The molecule has 0 spiro atoms. The van der Waals surface area contributed by atoms with E-state index in [1.165, 1.54) is 7.11 Å². The summed E-state index contributed by atoms with van der Waals surface area (Å²) in [7, 11) is 1.32. The molecule has 18 heavy (non-hydrogen) atoms. The quantitative estimate of drug-likeness (QED) is 0.535. The normalized spacial score (nSPS) is 22.5. The maximum atomic E-state index is 11.7. The van der Waals surface area contributed by atoms with Gasteiger partial charge in [0, 0.05) is 18.9 Å². The molecule has 6 nitrogen and oxygen atoms in total. The molecule has 1 saturated carbocycles. The number of hydrogen-bond acceptors (Lipinski definition) is 4. The Kier molecular flexibility index (Phi) is 5.61. The predicted octanol–water partition coefficient (Wildman–Crippen LogP) is 0.557. The van der Waals surface area contributed by atoms with Crippen molar-refractivity contribution in [3.63, 3.8) is 0 Å². The Balaban J connectivity index is 2.18. The van der Waals surface area contributed by atoms with E-state index in [0.717, 1.165) is 0 Å². The van der Waals surface area contributed by atoms with Crippen molar-refractivity contribution in [3.8, 4) is 0 Å². The molecule has 1 amide bonds. The molecule has 1 fully saturated rings. The van der Waals surface area contributed by atoms with Crippen LogP contribution in [0.3, 0.4) is 0 Å². The van der Waals surface area contributed by atoms with Crippen molar-refractivity contribution in [1.29, 1.82) is 0 Å². The lowest BCUT2D eigenvalue weighted by atomic mass is 10.0. The molecule has 2 N–H and O–H groups in total. The fraction of sp³-hybridized carbons (Fsp3) is 0.750. The zero-order valence-corrected chi connectivity index (χ0v) is 10.5. The monoisotopic (exact) mass is 257 g/mol. The Morgan fingerprint density at radius 2 is 1.94 bits per heavy atom. The molecule has 1 aliphatic rings. The van der Waals surface area contributed by atoms with E-state index in [0.29, 0.717) is 32.2 Å². The summed E-state index contributed by atoms with van der Waals surface area (Å²) in [6, 6.07) is 0. The number of methoxy groups -OCH3 is 1. The van der Waals surface area contributed by atoms with E-state index in [9.17, 15) is 14.4 Å². The lowest BCUT2D eigenvalue weighted by Crippen LogP contribution is -2.30. The Morgan fingerprint density at radius 3 is 2.50 bits per heavy atom. The number of hydrogen-bond donors (Lipinski definition) is 2. The van der Waals surface area contributed by atoms with E-state index in [1.807, 2.05) is 0 Å². The standard InChI is InChI=1S/C12H19NO5/c1-18-10(14)3-2-6-13-11(15)8-4-5-9(7-8)12(16)17/h8-9H,2-7H2,1H3,(H,13,15)(H,16,17). The number of nitrogens with one attached hydrogen (secondary N) is 1. The summed E-state index contributed by atoms with van der Waals surface area (Å²) in [5.74, 6) is -1.82. The van der Waals surface area contributed by atoms with Crippen molar-refractivity contribution < 1.29 is 24.2 Å². The topological polar surface area (TPSA) is 92.7 Å². The molecule has 0 aliphatic heterocycles. The summed E-state index contributed by atoms with van der Waals surface area (Å²) < 4.78 is 4.48. The first-order valence-electron chi connectivity index (χ1n) is 6.12. The minimum Gasteiger partial charge on any atom is -0.481 e. The molecule has 0 bridgehead atoms. The van der Waals surface area contributed by atoms with Gasteiger partial charge >= 0.3 is 11.9 Å². The van der Waals surface area contributed by atoms with Crippen molar-refractivity contribution in [2.24, 2.45) is 11.8 Å². The summed E-state index contributed by atoms with van der Waals surface area (Å²) in [6.07, 6.45) is 2.42. The fourth-order valence-electron chi connectivity index (χ4n) is 2.13. The van der Waals surface area contributed by atoms with E-state index in [4.69, 9.17) is 5.11 Å². The molecule has 0 saturated heterocycles. The molecule has 1 aliphatic carbocycles. The molecule has 0 aromatic carbocycles. The van der Waals surface area contributed by atoms with Gasteiger partial charge in [0.15, 0.2) is 0 Å². The zero-order chi connectivity index (χ0) is 13.5. The van der Waals surface area contributed by atoms with Crippen LogP contribution in [0.5, 0.6) is 0 Å². The van der Waals surface area contributed by atoms with Crippen LogP contribution >= 0.6 is 0 Å². The largest absolute Gasteiger partial charge is 0.481 e. The summed E-state index contributed by atoms with van der Waals surface area (Å²) in [5, 5.41) is 11.6. The van der Waals surface area contributed by atoms with E-state index >= 15 is 0 Å². The number of rotatable bonds is 6. The van der Waals surface area contributed by atoms with Gasteiger partial charge in [-0.3, -0.25) is 14.4 Å². The van der Waals surface area contributed by atoms with Crippen molar-refractivity contribution in [1.82, 2.24) is 5.32 Å². The van der Waals surface area contributed by atoms with Gasteiger partial charge in [0.1, 0.15) is 0 Å². The van der Waals surface area contributed by atoms with E-state index in [-0.39, 0.29) is 24.2 Å². The maximum Gasteiger partial charge on any atom is 0.306 e. The highest BCUT2D eigenvalue weighted by atomic mass is 16.5. The summed E-state index contributed by atoms with van der Waals surface area (Å²) in [6.45, 7) is 0.419. The van der Waals surface area contributed by atoms with Gasteiger partial charge in [-0.15, -0.1) is 0 Å². The van der Waals surface area contributed by atoms with Gasteiger partial charge in [0.05, 0.1) is 13.0 Å². The molecule has 1 rings (SSSR count). The second-order valence-corrected chi connectivity index (χ2v) is 4.52. The highest BCUT2D eigenvalue weighted by Crippen LogP contribution is 2.30. The molecular formula is C12H19NO5. The first kappa shape index (κ1) is 14.5. The van der Waals surface area contributed by atoms with Crippen molar-refractivity contribution in [3.05, 3.63) is 0 Å². The van der Waals surface area contributed by atoms with Crippen LogP contribution in [0.1, 0.15) is 32.1 Å². The lowest BCUT2D eigenvalue weighted by Gasteiger charge is -2.10. The Morgan fingerprint density at radius 1 is 1.28 bits per heavy atom. The molecule has 0 radical (unpaired) electrons. The Labute approximate surface area is 106 Å². The van der Waals surface area contributed by atoms with Gasteiger partial charge in [0.2, 0.25) is 5.91 Å². The van der Waals surface area contributed by atoms with E-state index < -0.39 is 11.9 Å². The van der Waals surface area contributed by atoms with Crippen LogP contribution in [-0.4, -0.2) is 36.6 Å². The molecular weight excluding hydrogens is 238 g/mol. The van der Waals surface area contributed by atoms with Crippen molar-refractivity contribution in [2.75, 3.05) is 13.7 Å². The predicted molar refractivity (Wildman–Crippen MR) is 62.7 cm³/mol. The van der Waals surface area contributed by atoms with E-state index in [1.54, 1.807) is 0 Å². The van der Waals surface area contributed by atoms with Crippen LogP contribution in [0, 0.1) is 11.8 Å².